The second kappa shape index (κ2) is 6.19. The summed E-state index contributed by atoms with van der Waals surface area (Å²) in [5, 5.41) is 13.2. The van der Waals surface area contributed by atoms with Crippen molar-refractivity contribution in [3.8, 4) is 0 Å². The van der Waals surface area contributed by atoms with Gasteiger partial charge in [-0.1, -0.05) is 23.7 Å². The molecule has 110 valence electrons. The zero-order valence-corrected chi connectivity index (χ0v) is 13.0. The topological polar surface area (TPSA) is 49.3 Å². The molecule has 2 aromatic carbocycles. The minimum atomic E-state index is -0.906. The predicted molar refractivity (Wildman–Crippen MR) is 86.1 cm³/mol. The molecule has 0 radical (unpaired) electrons. The summed E-state index contributed by atoms with van der Waals surface area (Å²) in [5.41, 5.74) is 4.71. The molecule has 21 heavy (non-hydrogen) atoms. The number of carbonyl (C=O) groups is 1. The molecule has 0 aliphatic carbocycles. The van der Waals surface area contributed by atoms with E-state index in [-0.39, 0.29) is 0 Å². The lowest BCUT2D eigenvalue weighted by molar-refractivity contribution is -0.138. The van der Waals surface area contributed by atoms with Gasteiger partial charge < -0.3 is 10.4 Å². The SMILES string of the molecule is Cc1cc(C)c(C(Nc2ccc(Cl)cc2)C(=O)O)cc1C. The van der Waals surface area contributed by atoms with Gasteiger partial charge >= 0.3 is 5.97 Å². The number of carboxylic acids is 1. The first-order valence-corrected chi connectivity index (χ1v) is 7.09. The monoisotopic (exact) mass is 303 g/mol. The molecule has 0 aliphatic rings. The van der Waals surface area contributed by atoms with Gasteiger partial charge in [0.2, 0.25) is 0 Å². The normalized spacial score (nSPS) is 12.0. The first-order valence-electron chi connectivity index (χ1n) is 6.71. The first kappa shape index (κ1) is 15.4. The van der Waals surface area contributed by atoms with Crippen LogP contribution in [0.2, 0.25) is 5.02 Å². The fraction of sp³-hybridized carbons (Fsp3) is 0.235. The van der Waals surface area contributed by atoms with Crippen LogP contribution in [-0.4, -0.2) is 11.1 Å². The van der Waals surface area contributed by atoms with E-state index in [1.165, 1.54) is 0 Å². The fourth-order valence-corrected chi connectivity index (χ4v) is 2.41. The van der Waals surface area contributed by atoms with E-state index in [0.29, 0.717) is 5.02 Å². The average molecular weight is 304 g/mol. The number of aliphatic carboxylic acids is 1. The number of nitrogens with one attached hydrogen (secondary N) is 1. The van der Waals surface area contributed by atoms with Gasteiger partial charge in [-0.05, 0) is 67.3 Å². The summed E-state index contributed by atoms with van der Waals surface area (Å²) in [6.07, 6.45) is 0. The van der Waals surface area contributed by atoms with Crippen LogP contribution in [0.4, 0.5) is 5.69 Å². The Morgan fingerprint density at radius 3 is 2.19 bits per heavy atom. The van der Waals surface area contributed by atoms with Gasteiger partial charge in [0.1, 0.15) is 0 Å². The highest BCUT2D eigenvalue weighted by Gasteiger charge is 2.22. The van der Waals surface area contributed by atoms with Gasteiger partial charge in [-0.25, -0.2) is 4.79 Å². The van der Waals surface area contributed by atoms with E-state index in [0.717, 1.165) is 27.9 Å². The number of hydrogen-bond donors (Lipinski definition) is 2. The van der Waals surface area contributed by atoms with Gasteiger partial charge in [-0.2, -0.15) is 0 Å². The van der Waals surface area contributed by atoms with Crippen LogP contribution >= 0.6 is 11.6 Å². The quantitative estimate of drug-likeness (QED) is 0.874. The molecule has 0 saturated carbocycles. The Bertz CT molecular complexity index is 665. The molecular formula is C17H18ClNO2. The van der Waals surface area contributed by atoms with Crippen molar-refractivity contribution in [2.24, 2.45) is 0 Å². The number of anilines is 1. The van der Waals surface area contributed by atoms with E-state index < -0.39 is 12.0 Å². The number of halogens is 1. The van der Waals surface area contributed by atoms with Crippen LogP contribution in [0.5, 0.6) is 0 Å². The first-order chi connectivity index (χ1) is 9.88. The van der Waals surface area contributed by atoms with E-state index in [2.05, 4.69) is 5.32 Å². The highest BCUT2D eigenvalue weighted by atomic mass is 35.5. The Balaban J connectivity index is 2.38. The van der Waals surface area contributed by atoms with Gasteiger partial charge in [-0.3, -0.25) is 0 Å². The number of carboxylic acid groups (broad SMARTS) is 1. The van der Waals surface area contributed by atoms with Crippen LogP contribution in [0.15, 0.2) is 36.4 Å². The molecule has 0 fully saturated rings. The van der Waals surface area contributed by atoms with Crippen LogP contribution in [-0.2, 0) is 4.79 Å². The van der Waals surface area contributed by atoms with Crippen molar-refractivity contribution in [3.05, 3.63) is 63.7 Å². The van der Waals surface area contributed by atoms with Crippen LogP contribution in [0.1, 0.15) is 28.3 Å². The van der Waals surface area contributed by atoms with Crippen LogP contribution in [0, 0.1) is 20.8 Å². The lowest BCUT2D eigenvalue weighted by Gasteiger charge is -2.19. The molecule has 2 N–H and O–H groups in total. The Kier molecular flexibility index (Phi) is 4.53. The molecule has 0 heterocycles. The molecule has 0 bridgehead atoms. The third kappa shape index (κ3) is 3.56. The molecule has 2 aromatic rings. The summed E-state index contributed by atoms with van der Waals surface area (Å²) in [4.78, 5) is 11.6. The molecule has 0 amide bonds. The lowest BCUT2D eigenvalue weighted by Crippen LogP contribution is -2.21. The van der Waals surface area contributed by atoms with E-state index >= 15 is 0 Å². The average Bonchev–Trinajstić information content (AvgIpc) is 2.42. The largest absolute Gasteiger partial charge is 0.479 e. The van der Waals surface area contributed by atoms with Gasteiger partial charge in [0.25, 0.3) is 0 Å². The maximum absolute atomic E-state index is 11.6. The molecule has 0 aliphatic heterocycles. The van der Waals surface area contributed by atoms with Crippen molar-refractivity contribution in [3.63, 3.8) is 0 Å². The number of hydrogen-bond acceptors (Lipinski definition) is 2. The number of benzene rings is 2. The van der Waals surface area contributed by atoms with E-state index in [4.69, 9.17) is 11.6 Å². The highest BCUT2D eigenvalue weighted by Crippen LogP contribution is 2.26. The molecule has 1 unspecified atom stereocenters. The lowest BCUT2D eigenvalue weighted by atomic mass is 9.95. The number of aryl methyl sites for hydroxylation is 3. The zero-order chi connectivity index (χ0) is 15.6. The second-order valence-corrected chi connectivity index (χ2v) is 5.65. The highest BCUT2D eigenvalue weighted by molar-refractivity contribution is 6.30. The zero-order valence-electron chi connectivity index (χ0n) is 12.3. The van der Waals surface area contributed by atoms with Crippen molar-refractivity contribution in [2.45, 2.75) is 26.8 Å². The molecule has 2 rings (SSSR count). The smallest absolute Gasteiger partial charge is 0.330 e. The van der Waals surface area contributed by atoms with Gasteiger partial charge in [-0.15, -0.1) is 0 Å². The van der Waals surface area contributed by atoms with Crippen molar-refractivity contribution in [1.82, 2.24) is 0 Å². The minimum Gasteiger partial charge on any atom is -0.479 e. The molecule has 0 saturated heterocycles. The Morgan fingerprint density at radius 1 is 1.05 bits per heavy atom. The predicted octanol–water partition coefficient (Wildman–Crippen LogP) is 4.50. The summed E-state index contributed by atoms with van der Waals surface area (Å²) < 4.78 is 0. The summed E-state index contributed by atoms with van der Waals surface area (Å²) in [5.74, 6) is -0.906. The third-order valence-electron chi connectivity index (χ3n) is 3.60. The van der Waals surface area contributed by atoms with Gasteiger partial charge in [0.05, 0.1) is 0 Å². The molecule has 4 heteroatoms. The molecule has 1 atom stereocenters. The Morgan fingerprint density at radius 2 is 1.62 bits per heavy atom. The summed E-state index contributed by atoms with van der Waals surface area (Å²) >= 11 is 5.85. The van der Waals surface area contributed by atoms with E-state index in [1.54, 1.807) is 24.3 Å². The van der Waals surface area contributed by atoms with Gasteiger partial charge in [0, 0.05) is 10.7 Å². The summed E-state index contributed by atoms with van der Waals surface area (Å²) in [6, 6.07) is 10.2. The molecular weight excluding hydrogens is 286 g/mol. The fourth-order valence-electron chi connectivity index (χ4n) is 2.28. The van der Waals surface area contributed by atoms with Gasteiger partial charge in [0.15, 0.2) is 6.04 Å². The Labute approximate surface area is 129 Å². The molecule has 0 aromatic heterocycles. The minimum absolute atomic E-state index is 0.620. The molecule has 3 nitrogen and oxygen atoms in total. The standard InChI is InChI=1S/C17H18ClNO2/c1-10-8-12(3)15(9-11(10)2)16(17(20)21)19-14-6-4-13(18)5-7-14/h4-9,16,19H,1-3H3,(H,20,21). The maximum Gasteiger partial charge on any atom is 0.330 e. The maximum atomic E-state index is 11.6. The van der Waals surface area contributed by atoms with Crippen molar-refractivity contribution in [2.75, 3.05) is 5.32 Å². The van der Waals surface area contributed by atoms with Crippen LogP contribution in [0.25, 0.3) is 0 Å². The van der Waals surface area contributed by atoms with Crippen LogP contribution in [0.3, 0.4) is 0 Å². The van der Waals surface area contributed by atoms with Crippen molar-refractivity contribution in [1.29, 1.82) is 0 Å². The van der Waals surface area contributed by atoms with Crippen molar-refractivity contribution >= 4 is 23.3 Å². The van der Waals surface area contributed by atoms with E-state index in [9.17, 15) is 9.90 Å². The third-order valence-corrected chi connectivity index (χ3v) is 3.85. The summed E-state index contributed by atoms with van der Waals surface area (Å²) in [7, 11) is 0. The summed E-state index contributed by atoms with van der Waals surface area (Å²) in [6.45, 7) is 5.94. The Hall–Kier alpha value is -2.00. The second-order valence-electron chi connectivity index (χ2n) is 5.22. The van der Waals surface area contributed by atoms with Crippen molar-refractivity contribution < 1.29 is 9.90 Å². The van der Waals surface area contributed by atoms with E-state index in [1.807, 2.05) is 32.9 Å². The van der Waals surface area contributed by atoms with Crippen LogP contribution < -0.4 is 5.32 Å². The molecule has 0 spiro atoms. The number of rotatable bonds is 4.